The van der Waals surface area contributed by atoms with E-state index in [-0.39, 0.29) is 0 Å². The summed E-state index contributed by atoms with van der Waals surface area (Å²) in [6, 6.07) is 0. The molecule has 0 aromatic heterocycles. The van der Waals surface area contributed by atoms with Crippen molar-refractivity contribution >= 4 is 12.3 Å². The van der Waals surface area contributed by atoms with Crippen molar-refractivity contribution in [1.29, 1.82) is 0 Å². The first-order valence-corrected chi connectivity index (χ1v) is 5.65. The van der Waals surface area contributed by atoms with E-state index >= 15 is 0 Å². The van der Waals surface area contributed by atoms with E-state index in [1.54, 1.807) is 6.92 Å². The van der Waals surface area contributed by atoms with Crippen LogP contribution in [0, 0.1) is 5.92 Å². The fourth-order valence-corrected chi connectivity index (χ4v) is 0.922. The molecule has 0 aliphatic heterocycles. The van der Waals surface area contributed by atoms with Crippen LogP contribution >= 0.6 is 0 Å². The minimum absolute atomic E-state index is 0.427. The van der Waals surface area contributed by atoms with Crippen LogP contribution in [0.4, 0.5) is 0 Å². The molecule has 3 nitrogen and oxygen atoms in total. The summed E-state index contributed by atoms with van der Waals surface area (Å²) >= 11 is 0. The smallest absolute Gasteiger partial charge is 0.293 e. The van der Waals surface area contributed by atoms with Crippen LogP contribution in [0.1, 0.15) is 53.4 Å². The summed E-state index contributed by atoms with van der Waals surface area (Å²) < 4.78 is 4.15. The highest BCUT2D eigenvalue weighted by molar-refractivity contribution is 5.78. The van der Waals surface area contributed by atoms with Crippen LogP contribution in [0.25, 0.3) is 0 Å². The van der Waals surface area contributed by atoms with Gasteiger partial charge in [0.1, 0.15) is 5.78 Å². The predicted octanol–water partition coefficient (Wildman–Crippen LogP) is 2.97. The fraction of sp³-hybridized carbons (Fsp3) is 0.833. The van der Waals surface area contributed by atoms with Gasteiger partial charge < -0.3 is 4.74 Å². The van der Waals surface area contributed by atoms with Gasteiger partial charge >= 0.3 is 0 Å². The molecule has 0 N–H and O–H groups in total. The lowest BCUT2D eigenvalue weighted by molar-refractivity contribution is -0.128. The lowest BCUT2D eigenvalue weighted by Crippen LogP contribution is -1.99. The molecule has 0 aromatic rings. The Labute approximate surface area is 93.2 Å². The molecule has 0 aliphatic carbocycles. The van der Waals surface area contributed by atoms with Gasteiger partial charge in [0, 0.05) is 12.8 Å². The van der Waals surface area contributed by atoms with Gasteiger partial charge in [-0.05, 0) is 25.7 Å². The van der Waals surface area contributed by atoms with E-state index in [9.17, 15) is 9.59 Å². The molecule has 0 aliphatic rings. The minimum Gasteiger partial charge on any atom is -0.468 e. The third-order valence-electron chi connectivity index (χ3n) is 1.76. The van der Waals surface area contributed by atoms with Crippen molar-refractivity contribution < 1.29 is 14.3 Å². The van der Waals surface area contributed by atoms with Crippen LogP contribution in [0.15, 0.2) is 0 Å². The van der Waals surface area contributed by atoms with Gasteiger partial charge in [-0.2, -0.15) is 0 Å². The zero-order chi connectivity index (χ0) is 12.1. The molecule has 0 fully saturated rings. The molecular formula is C12H24O3. The first-order valence-electron chi connectivity index (χ1n) is 5.65. The summed E-state index contributed by atoms with van der Waals surface area (Å²) in [4.78, 5) is 20.1. The fourth-order valence-electron chi connectivity index (χ4n) is 0.922. The molecular weight excluding hydrogens is 192 g/mol. The average Bonchev–Trinajstić information content (AvgIpc) is 2.17. The lowest BCUT2D eigenvalue weighted by Gasteiger charge is -2.01. The molecule has 3 heteroatoms. The van der Waals surface area contributed by atoms with Gasteiger partial charge in [-0.15, -0.1) is 0 Å². The van der Waals surface area contributed by atoms with Crippen molar-refractivity contribution in [3.8, 4) is 0 Å². The van der Waals surface area contributed by atoms with Gasteiger partial charge in [-0.1, -0.05) is 20.8 Å². The number of ether oxygens (including phenoxy) is 1. The van der Waals surface area contributed by atoms with Gasteiger partial charge in [-0.3, -0.25) is 9.59 Å². The highest BCUT2D eigenvalue weighted by Crippen LogP contribution is 2.05. The number of Topliss-reactive ketones (excluding diaryl/α,β-unsaturated/α-hetero) is 1. The molecule has 0 unspecified atom stereocenters. The average molecular weight is 216 g/mol. The zero-order valence-corrected chi connectivity index (χ0v) is 10.4. The maximum atomic E-state index is 10.9. The Bertz CT molecular complexity index is 153. The molecule has 0 amide bonds. The highest BCUT2D eigenvalue weighted by Gasteiger charge is 2.01. The number of hydrogen-bond acceptors (Lipinski definition) is 3. The molecule has 0 radical (unpaired) electrons. The molecule has 0 atom stereocenters. The van der Waals surface area contributed by atoms with E-state index in [1.807, 2.05) is 6.92 Å². The molecule has 0 rings (SSSR count). The van der Waals surface area contributed by atoms with Crippen molar-refractivity contribution in [3.05, 3.63) is 0 Å². The number of carbonyl (C=O) groups is 2. The molecule has 0 saturated heterocycles. The van der Waals surface area contributed by atoms with Gasteiger partial charge in [0.15, 0.2) is 0 Å². The van der Waals surface area contributed by atoms with Crippen LogP contribution in [0.2, 0.25) is 0 Å². The Morgan fingerprint density at radius 2 is 1.87 bits per heavy atom. The second kappa shape index (κ2) is 13.1. The summed E-state index contributed by atoms with van der Waals surface area (Å²) in [5.74, 6) is 1.09. The van der Waals surface area contributed by atoms with E-state index in [0.29, 0.717) is 24.8 Å². The largest absolute Gasteiger partial charge is 0.468 e. The lowest BCUT2D eigenvalue weighted by atomic mass is 10.0. The van der Waals surface area contributed by atoms with E-state index in [2.05, 4.69) is 18.6 Å². The van der Waals surface area contributed by atoms with Crippen LogP contribution in [0.3, 0.4) is 0 Å². The third-order valence-corrected chi connectivity index (χ3v) is 1.76. The van der Waals surface area contributed by atoms with Crippen molar-refractivity contribution in [1.82, 2.24) is 0 Å². The monoisotopic (exact) mass is 216 g/mol. The quantitative estimate of drug-likeness (QED) is 0.614. The SMILES string of the molecule is CCCC(=O)CCC(C)C.CCOC=O. The zero-order valence-electron chi connectivity index (χ0n) is 10.4. The Morgan fingerprint density at radius 3 is 2.13 bits per heavy atom. The second-order valence-corrected chi connectivity index (χ2v) is 3.77. The standard InChI is InChI=1S/C9H18O.C3H6O2/c1-4-5-9(10)7-6-8(2)3;1-2-5-3-4/h8H,4-7H2,1-3H3;3H,2H2,1H3. The summed E-state index contributed by atoms with van der Waals surface area (Å²) in [5.41, 5.74) is 0. The first kappa shape index (κ1) is 16.6. The Balaban J connectivity index is 0. The van der Waals surface area contributed by atoms with E-state index in [1.165, 1.54) is 0 Å². The van der Waals surface area contributed by atoms with Crippen molar-refractivity contribution in [2.24, 2.45) is 5.92 Å². The van der Waals surface area contributed by atoms with E-state index in [4.69, 9.17) is 0 Å². The minimum atomic E-state index is 0.427. The van der Waals surface area contributed by atoms with Gasteiger partial charge in [0.25, 0.3) is 6.47 Å². The van der Waals surface area contributed by atoms with Crippen molar-refractivity contribution in [2.45, 2.75) is 53.4 Å². The Morgan fingerprint density at radius 1 is 1.27 bits per heavy atom. The summed E-state index contributed by atoms with van der Waals surface area (Å²) in [5, 5.41) is 0. The van der Waals surface area contributed by atoms with Crippen LogP contribution < -0.4 is 0 Å². The highest BCUT2D eigenvalue weighted by atomic mass is 16.5. The van der Waals surface area contributed by atoms with Gasteiger partial charge in [0.05, 0.1) is 6.61 Å². The molecule has 0 bridgehead atoms. The Hall–Kier alpha value is -0.860. The van der Waals surface area contributed by atoms with Gasteiger partial charge in [0.2, 0.25) is 0 Å². The molecule has 0 spiro atoms. The molecule has 90 valence electrons. The number of carbonyl (C=O) groups excluding carboxylic acids is 2. The summed E-state index contributed by atoms with van der Waals surface area (Å²) in [7, 11) is 0. The topological polar surface area (TPSA) is 43.4 Å². The second-order valence-electron chi connectivity index (χ2n) is 3.77. The van der Waals surface area contributed by atoms with E-state index in [0.717, 1.165) is 25.7 Å². The summed E-state index contributed by atoms with van der Waals surface area (Å²) in [6.45, 7) is 9.02. The summed E-state index contributed by atoms with van der Waals surface area (Å²) in [6.07, 6.45) is 3.61. The maximum absolute atomic E-state index is 10.9. The normalized spacial score (nSPS) is 9.13. The van der Waals surface area contributed by atoms with Crippen molar-refractivity contribution in [3.63, 3.8) is 0 Å². The third kappa shape index (κ3) is 19.5. The van der Waals surface area contributed by atoms with E-state index < -0.39 is 0 Å². The number of ketones is 1. The van der Waals surface area contributed by atoms with Crippen LogP contribution in [-0.2, 0) is 14.3 Å². The predicted molar refractivity (Wildman–Crippen MR) is 61.7 cm³/mol. The van der Waals surface area contributed by atoms with Gasteiger partial charge in [-0.25, -0.2) is 0 Å². The Kier molecular flexibility index (Phi) is 14.5. The molecule has 0 aromatic carbocycles. The van der Waals surface area contributed by atoms with Crippen LogP contribution in [-0.4, -0.2) is 18.9 Å². The first-order chi connectivity index (χ1) is 7.08. The number of hydrogen-bond donors (Lipinski definition) is 0. The molecule has 15 heavy (non-hydrogen) atoms. The molecule has 0 saturated carbocycles. The number of rotatable bonds is 7. The maximum Gasteiger partial charge on any atom is 0.293 e. The molecule has 0 heterocycles. The van der Waals surface area contributed by atoms with Crippen LogP contribution in [0.5, 0.6) is 0 Å². The van der Waals surface area contributed by atoms with Crippen molar-refractivity contribution in [2.75, 3.05) is 6.61 Å².